The highest BCUT2D eigenvalue weighted by molar-refractivity contribution is 5.93. The molecule has 24 heavy (non-hydrogen) atoms. The predicted molar refractivity (Wildman–Crippen MR) is 93.8 cm³/mol. The Morgan fingerprint density at radius 2 is 1.33 bits per heavy atom. The molecule has 0 atom stereocenters. The molecule has 0 heterocycles. The molecule has 0 spiro atoms. The number of hydrogen-bond acceptors (Lipinski definition) is 2. The Hall–Kier alpha value is -1.06. The maximum atomic E-state index is 11.2. The van der Waals surface area contributed by atoms with E-state index in [0.29, 0.717) is 5.92 Å². The predicted octanol–water partition coefficient (Wildman–Crippen LogP) is 4.96. The maximum absolute atomic E-state index is 11.2. The normalized spacial score (nSPS) is 31.1. The summed E-state index contributed by atoms with van der Waals surface area (Å²) in [5.41, 5.74) is 0. The van der Waals surface area contributed by atoms with Gasteiger partial charge in [0, 0.05) is 0 Å². The van der Waals surface area contributed by atoms with Crippen LogP contribution in [0.2, 0.25) is 0 Å². The van der Waals surface area contributed by atoms with Gasteiger partial charge in [0.25, 0.3) is 0 Å². The molecule has 0 radical (unpaired) electrons. The van der Waals surface area contributed by atoms with Crippen LogP contribution in [0, 0.1) is 29.6 Å². The minimum absolute atomic E-state index is 0.179. The highest BCUT2D eigenvalue weighted by atomic mass is 16.4. The van der Waals surface area contributed by atoms with Crippen LogP contribution < -0.4 is 0 Å². The van der Waals surface area contributed by atoms with Crippen LogP contribution in [-0.2, 0) is 9.59 Å². The zero-order chi connectivity index (χ0) is 17.5. The highest BCUT2D eigenvalue weighted by Gasteiger charge is 2.39. The van der Waals surface area contributed by atoms with Crippen LogP contribution in [0.15, 0.2) is 0 Å². The molecule has 0 unspecified atom stereocenters. The number of carboxylic acid groups (broad SMARTS) is 2. The van der Waals surface area contributed by atoms with E-state index in [-0.39, 0.29) is 5.92 Å². The van der Waals surface area contributed by atoms with Gasteiger partial charge in [0.1, 0.15) is 0 Å². The summed E-state index contributed by atoms with van der Waals surface area (Å²) in [7, 11) is 0. The van der Waals surface area contributed by atoms with E-state index >= 15 is 0 Å². The van der Waals surface area contributed by atoms with Gasteiger partial charge in [-0.2, -0.15) is 0 Å². The van der Waals surface area contributed by atoms with Crippen LogP contribution in [0.4, 0.5) is 0 Å². The fourth-order valence-corrected chi connectivity index (χ4v) is 5.09. The largest absolute Gasteiger partial charge is 0.481 e. The van der Waals surface area contributed by atoms with Gasteiger partial charge in [-0.3, -0.25) is 9.59 Å². The molecule has 0 bridgehead atoms. The lowest BCUT2D eigenvalue weighted by molar-refractivity contribution is -0.158. The molecule has 2 fully saturated rings. The molecule has 0 amide bonds. The van der Waals surface area contributed by atoms with Gasteiger partial charge in [0.2, 0.25) is 0 Å². The number of hydrogen-bond donors (Lipinski definition) is 2. The minimum Gasteiger partial charge on any atom is -0.481 e. The van der Waals surface area contributed by atoms with Gasteiger partial charge >= 0.3 is 11.9 Å². The molecule has 0 saturated heterocycles. The number of aliphatic carboxylic acids is 2. The number of rotatable bonds is 8. The molecule has 0 aromatic rings. The van der Waals surface area contributed by atoms with Crippen molar-refractivity contribution in [2.45, 2.75) is 84.0 Å². The highest BCUT2D eigenvalue weighted by Crippen LogP contribution is 2.43. The van der Waals surface area contributed by atoms with Gasteiger partial charge in [-0.15, -0.1) is 0 Å². The first kappa shape index (κ1) is 19.3. The second kappa shape index (κ2) is 9.43. The number of carbonyl (C=O) groups is 2. The summed E-state index contributed by atoms with van der Waals surface area (Å²) in [6.07, 6.45) is 14.4. The van der Waals surface area contributed by atoms with Crippen LogP contribution in [0.3, 0.4) is 0 Å². The van der Waals surface area contributed by atoms with Crippen molar-refractivity contribution in [1.82, 2.24) is 0 Å². The monoisotopic (exact) mass is 338 g/mol. The van der Waals surface area contributed by atoms with Crippen LogP contribution in [0.25, 0.3) is 0 Å². The minimum atomic E-state index is -1.21. The van der Waals surface area contributed by atoms with E-state index in [1.165, 1.54) is 51.4 Å². The van der Waals surface area contributed by atoms with Crippen molar-refractivity contribution < 1.29 is 19.8 Å². The standard InChI is InChI=1S/C20H34O4/c1-2-3-4-5-14-6-8-15(9-7-14)16-10-12-17(13-11-16)18(19(21)22)20(23)24/h14-18H,2-13H2,1H3,(H,21,22)(H,23,24). The zero-order valence-electron chi connectivity index (χ0n) is 15.1. The van der Waals surface area contributed by atoms with E-state index in [9.17, 15) is 9.59 Å². The smallest absolute Gasteiger partial charge is 0.318 e. The fourth-order valence-electron chi connectivity index (χ4n) is 5.09. The van der Waals surface area contributed by atoms with Gasteiger partial charge in [0.05, 0.1) is 0 Å². The Morgan fingerprint density at radius 3 is 1.79 bits per heavy atom. The van der Waals surface area contributed by atoms with E-state index < -0.39 is 17.9 Å². The average Bonchev–Trinajstić information content (AvgIpc) is 2.56. The first-order chi connectivity index (χ1) is 11.5. The first-order valence-corrected chi connectivity index (χ1v) is 9.98. The summed E-state index contributed by atoms with van der Waals surface area (Å²) in [4.78, 5) is 22.4. The molecule has 0 aliphatic heterocycles. The molecule has 2 saturated carbocycles. The molecule has 0 aromatic carbocycles. The molecular formula is C20H34O4. The maximum Gasteiger partial charge on any atom is 0.318 e. The van der Waals surface area contributed by atoms with Crippen molar-refractivity contribution in [3.63, 3.8) is 0 Å². The topological polar surface area (TPSA) is 74.6 Å². The Kier molecular flexibility index (Phi) is 7.57. The number of unbranched alkanes of at least 4 members (excludes halogenated alkanes) is 2. The van der Waals surface area contributed by atoms with E-state index in [0.717, 1.165) is 37.5 Å². The van der Waals surface area contributed by atoms with Gasteiger partial charge in [-0.05, 0) is 62.2 Å². The molecular weight excluding hydrogens is 304 g/mol. The van der Waals surface area contributed by atoms with Crippen molar-refractivity contribution >= 4 is 11.9 Å². The van der Waals surface area contributed by atoms with Crippen LogP contribution >= 0.6 is 0 Å². The molecule has 4 nitrogen and oxygen atoms in total. The lowest BCUT2D eigenvalue weighted by Gasteiger charge is -2.38. The number of carboxylic acids is 2. The Bertz CT molecular complexity index is 390. The van der Waals surface area contributed by atoms with E-state index in [1.54, 1.807) is 0 Å². The Labute approximate surface area is 146 Å². The zero-order valence-corrected chi connectivity index (χ0v) is 15.1. The van der Waals surface area contributed by atoms with Crippen LogP contribution in [-0.4, -0.2) is 22.2 Å². The van der Waals surface area contributed by atoms with Crippen LogP contribution in [0.5, 0.6) is 0 Å². The molecule has 2 aliphatic carbocycles. The molecule has 2 N–H and O–H groups in total. The van der Waals surface area contributed by atoms with E-state index in [4.69, 9.17) is 10.2 Å². The second-order valence-electron chi connectivity index (χ2n) is 8.11. The third kappa shape index (κ3) is 5.22. The molecule has 2 aliphatic rings. The van der Waals surface area contributed by atoms with Crippen molar-refractivity contribution in [3.05, 3.63) is 0 Å². The fraction of sp³-hybridized carbons (Fsp3) is 0.900. The van der Waals surface area contributed by atoms with Gasteiger partial charge in [-0.25, -0.2) is 0 Å². The lowest BCUT2D eigenvalue weighted by atomic mass is 9.67. The van der Waals surface area contributed by atoms with Gasteiger partial charge in [-0.1, -0.05) is 45.4 Å². The summed E-state index contributed by atoms with van der Waals surface area (Å²) in [6, 6.07) is 0. The molecule has 138 valence electrons. The summed E-state index contributed by atoms with van der Waals surface area (Å²) in [5.74, 6) is -1.31. The van der Waals surface area contributed by atoms with E-state index in [2.05, 4.69) is 6.92 Å². The second-order valence-corrected chi connectivity index (χ2v) is 8.11. The average molecular weight is 338 g/mol. The molecule has 4 heteroatoms. The van der Waals surface area contributed by atoms with E-state index in [1.807, 2.05) is 0 Å². The van der Waals surface area contributed by atoms with Crippen molar-refractivity contribution in [2.24, 2.45) is 29.6 Å². The van der Waals surface area contributed by atoms with Crippen LogP contribution in [0.1, 0.15) is 84.0 Å². The molecule has 0 aromatic heterocycles. The Morgan fingerprint density at radius 1 is 0.833 bits per heavy atom. The summed E-state index contributed by atoms with van der Waals surface area (Å²) in [6.45, 7) is 2.26. The first-order valence-electron chi connectivity index (χ1n) is 9.98. The summed E-state index contributed by atoms with van der Waals surface area (Å²) < 4.78 is 0. The molecule has 2 rings (SSSR count). The van der Waals surface area contributed by atoms with Crippen molar-refractivity contribution in [2.75, 3.05) is 0 Å². The third-order valence-corrected chi connectivity index (χ3v) is 6.59. The summed E-state index contributed by atoms with van der Waals surface area (Å²) in [5, 5.41) is 18.3. The SMILES string of the molecule is CCCCCC1CCC(C2CCC(C(C(=O)O)C(=O)O)CC2)CC1. The summed E-state index contributed by atoms with van der Waals surface area (Å²) >= 11 is 0. The quantitative estimate of drug-likeness (QED) is 0.484. The van der Waals surface area contributed by atoms with Gasteiger partial charge < -0.3 is 10.2 Å². The van der Waals surface area contributed by atoms with Crippen molar-refractivity contribution in [3.8, 4) is 0 Å². The van der Waals surface area contributed by atoms with Gasteiger partial charge in [0.15, 0.2) is 5.92 Å². The Balaban J connectivity index is 1.73. The lowest BCUT2D eigenvalue weighted by Crippen LogP contribution is -2.35. The van der Waals surface area contributed by atoms with Crippen molar-refractivity contribution in [1.29, 1.82) is 0 Å². The third-order valence-electron chi connectivity index (χ3n) is 6.59.